The number of hydrazine groups is 1. The summed E-state index contributed by atoms with van der Waals surface area (Å²) in [4.78, 5) is 41.5. The maximum Gasteiger partial charge on any atom is 0.249 e. The number of hydrogen-bond acceptors (Lipinski definition) is 6. The minimum atomic E-state index is -1.17. The molecular weight excluding hydrogens is 444 g/mol. The van der Waals surface area contributed by atoms with Gasteiger partial charge < -0.3 is 26.3 Å². The van der Waals surface area contributed by atoms with E-state index in [-0.39, 0.29) is 17.7 Å². The summed E-state index contributed by atoms with van der Waals surface area (Å²) in [7, 11) is 0. The molecule has 6 N–H and O–H groups in total. The molecule has 1 saturated heterocycles. The third kappa shape index (κ3) is 6.54. The molecule has 0 radical (unpaired) electrons. The number of likely N-dealkylation sites (tertiary alicyclic amines) is 1. The van der Waals surface area contributed by atoms with Crippen molar-refractivity contribution in [1.82, 2.24) is 15.2 Å². The van der Waals surface area contributed by atoms with E-state index in [1.54, 1.807) is 37.1 Å². The molecular formula is C26H40N6O3. The summed E-state index contributed by atoms with van der Waals surface area (Å²) in [5.41, 5.74) is 5.81. The van der Waals surface area contributed by atoms with E-state index in [0.29, 0.717) is 36.7 Å². The average molecular weight is 485 g/mol. The zero-order chi connectivity index (χ0) is 26.0. The van der Waals surface area contributed by atoms with Crippen molar-refractivity contribution >= 4 is 23.4 Å². The van der Waals surface area contributed by atoms with Gasteiger partial charge in [0.05, 0.1) is 0 Å². The molecule has 3 amide bonds. The molecule has 0 spiro atoms. The third-order valence-corrected chi connectivity index (χ3v) is 6.57. The normalized spacial score (nSPS) is 19.8. The van der Waals surface area contributed by atoms with Crippen LogP contribution in [-0.4, -0.2) is 51.8 Å². The number of nitrogens with zero attached hydrogens (tertiary/aromatic N) is 2. The summed E-state index contributed by atoms with van der Waals surface area (Å²) in [6.07, 6.45) is 4.95. The second-order valence-electron chi connectivity index (χ2n) is 11.2. The number of allylic oxidation sites excluding steroid dienone is 1. The van der Waals surface area contributed by atoms with Crippen molar-refractivity contribution < 1.29 is 14.4 Å². The highest BCUT2D eigenvalue weighted by Crippen LogP contribution is 2.35. The van der Waals surface area contributed by atoms with Gasteiger partial charge in [0, 0.05) is 30.0 Å². The Hall–Kier alpha value is -3.07. The molecule has 0 aromatic heterocycles. The molecule has 1 saturated carbocycles. The van der Waals surface area contributed by atoms with Gasteiger partial charge in [-0.25, -0.2) is 5.84 Å². The number of nitrogens with two attached hydrogens (primary N) is 2. The van der Waals surface area contributed by atoms with Crippen molar-refractivity contribution in [2.45, 2.75) is 77.9 Å². The SMILES string of the molecule is CC(C)(NC(=O)[C@@H]1CCCN1C(=O)[C@@H](N(N)/C=C(\N)C1CC1)C(C)(C)C)C(=O)Nc1ccccc1. The summed E-state index contributed by atoms with van der Waals surface area (Å²) in [6, 6.07) is 7.70. The van der Waals surface area contributed by atoms with Gasteiger partial charge in [-0.15, -0.1) is 0 Å². The third-order valence-electron chi connectivity index (χ3n) is 6.57. The molecule has 1 aromatic carbocycles. The number of hydrogen-bond donors (Lipinski definition) is 4. The molecule has 2 aliphatic rings. The Labute approximate surface area is 208 Å². The standard InChI is InChI=1S/C26H40N6O3/c1-25(2,3)21(32(28)16-19(27)17-13-14-17)23(34)31-15-9-12-20(31)22(33)30-26(4,5)24(35)29-18-10-7-6-8-11-18/h6-8,10-11,16-17,20-21H,9,12-15,27-28H2,1-5H3,(H,29,35)(H,30,33)/b19-16-/t20-,21+/m0/s1. The largest absolute Gasteiger partial charge is 0.401 e. The molecule has 0 unspecified atom stereocenters. The van der Waals surface area contributed by atoms with Gasteiger partial charge in [0.1, 0.15) is 17.6 Å². The summed E-state index contributed by atoms with van der Waals surface area (Å²) in [6.45, 7) is 9.58. The first-order valence-corrected chi connectivity index (χ1v) is 12.3. The van der Waals surface area contributed by atoms with E-state index in [2.05, 4.69) is 10.6 Å². The zero-order valence-corrected chi connectivity index (χ0v) is 21.5. The molecule has 35 heavy (non-hydrogen) atoms. The Kier molecular flexibility index (Phi) is 7.79. The predicted molar refractivity (Wildman–Crippen MR) is 136 cm³/mol. The molecule has 1 heterocycles. The predicted octanol–water partition coefficient (Wildman–Crippen LogP) is 2.31. The van der Waals surface area contributed by atoms with Crippen LogP contribution in [0.5, 0.6) is 0 Å². The van der Waals surface area contributed by atoms with E-state index in [1.807, 2.05) is 39.0 Å². The minimum absolute atomic E-state index is 0.218. The highest BCUT2D eigenvalue weighted by Gasteiger charge is 2.44. The molecule has 1 aliphatic heterocycles. The number of amides is 3. The number of benzene rings is 1. The number of rotatable bonds is 8. The van der Waals surface area contributed by atoms with E-state index in [9.17, 15) is 14.4 Å². The van der Waals surface area contributed by atoms with E-state index in [4.69, 9.17) is 11.6 Å². The Morgan fingerprint density at radius 3 is 2.29 bits per heavy atom. The molecule has 2 fully saturated rings. The van der Waals surface area contributed by atoms with Gasteiger partial charge >= 0.3 is 0 Å². The van der Waals surface area contributed by atoms with Crippen molar-refractivity contribution in [3.63, 3.8) is 0 Å². The Morgan fingerprint density at radius 1 is 1.09 bits per heavy atom. The van der Waals surface area contributed by atoms with Crippen LogP contribution in [0.15, 0.2) is 42.2 Å². The van der Waals surface area contributed by atoms with Crippen LogP contribution in [0.4, 0.5) is 5.69 Å². The van der Waals surface area contributed by atoms with E-state index < -0.39 is 23.0 Å². The van der Waals surface area contributed by atoms with Gasteiger partial charge in [0.25, 0.3) is 0 Å². The lowest BCUT2D eigenvalue weighted by Gasteiger charge is -2.39. The fraction of sp³-hybridized carbons (Fsp3) is 0.577. The van der Waals surface area contributed by atoms with Crippen LogP contribution in [0, 0.1) is 11.3 Å². The summed E-state index contributed by atoms with van der Waals surface area (Å²) >= 11 is 0. The second kappa shape index (κ2) is 10.3. The summed E-state index contributed by atoms with van der Waals surface area (Å²) in [5.74, 6) is 5.77. The number of para-hydroxylation sites is 1. The van der Waals surface area contributed by atoms with Crippen LogP contribution in [0.3, 0.4) is 0 Å². The molecule has 3 rings (SSSR count). The fourth-order valence-electron chi connectivity index (χ4n) is 4.43. The lowest BCUT2D eigenvalue weighted by atomic mass is 9.85. The highest BCUT2D eigenvalue weighted by molar-refractivity contribution is 6.01. The van der Waals surface area contributed by atoms with Crippen molar-refractivity contribution in [3.05, 3.63) is 42.2 Å². The van der Waals surface area contributed by atoms with Gasteiger partial charge in [-0.05, 0) is 57.1 Å². The van der Waals surface area contributed by atoms with E-state index in [1.165, 1.54) is 5.01 Å². The van der Waals surface area contributed by atoms with E-state index >= 15 is 0 Å². The maximum absolute atomic E-state index is 13.7. The lowest BCUT2D eigenvalue weighted by molar-refractivity contribution is -0.145. The number of carbonyl (C=O) groups excluding carboxylic acids is 3. The van der Waals surface area contributed by atoms with Gasteiger partial charge in [-0.3, -0.25) is 14.4 Å². The second-order valence-corrected chi connectivity index (χ2v) is 11.2. The van der Waals surface area contributed by atoms with Gasteiger partial charge in [-0.2, -0.15) is 0 Å². The molecule has 1 aromatic rings. The smallest absolute Gasteiger partial charge is 0.249 e. The van der Waals surface area contributed by atoms with Gasteiger partial charge in [0.15, 0.2) is 0 Å². The highest BCUT2D eigenvalue weighted by atomic mass is 16.2. The molecule has 0 bridgehead atoms. The average Bonchev–Trinajstić information content (AvgIpc) is 3.49. The molecule has 9 nitrogen and oxygen atoms in total. The van der Waals surface area contributed by atoms with Gasteiger partial charge in [-0.1, -0.05) is 39.0 Å². The van der Waals surface area contributed by atoms with Crippen molar-refractivity contribution in [3.8, 4) is 0 Å². The van der Waals surface area contributed by atoms with Crippen LogP contribution in [0.1, 0.15) is 60.3 Å². The number of nitrogens with one attached hydrogen (secondary N) is 2. The van der Waals surface area contributed by atoms with Crippen molar-refractivity contribution in [1.29, 1.82) is 0 Å². The fourth-order valence-corrected chi connectivity index (χ4v) is 4.43. The molecule has 9 heteroatoms. The quantitative estimate of drug-likeness (QED) is 0.330. The summed E-state index contributed by atoms with van der Waals surface area (Å²) < 4.78 is 0. The summed E-state index contributed by atoms with van der Waals surface area (Å²) in [5, 5.41) is 7.07. The van der Waals surface area contributed by atoms with Crippen LogP contribution in [0.2, 0.25) is 0 Å². The first-order chi connectivity index (χ1) is 16.3. The first kappa shape index (κ1) is 26.5. The topological polar surface area (TPSA) is 134 Å². The van der Waals surface area contributed by atoms with Crippen molar-refractivity contribution in [2.75, 3.05) is 11.9 Å². The number of carbonyl (C=O) groups is 3. The van der Waals surface area contributed by atoms with Crippen LogP contribution in [-0.2, 0) is 14.4 Å². The first-order valence-electron chi connectivity index (χ1n) is 12.3. The molecule has 2 atom stereocenters. The van der Waals surface area contributed by atoms with Crippen LogP contribution < -0.4 is 22.2 Å². The lowest BCUT2D eigenvalue weighted by Crippen LogP contribution is -2.61. The molecule has 192 valence electrons. The maximum atomic E-state index is 13.7. The Balaban J connectivity index is 1.72. The molecule has 1 aliphatic carbocycles. The van der Waals surface area contributed by atoms with Crippen LogP contribution in [0.25, 0.3) is 0 Å². The van der Waals surface area contributed by atoms with Crippen LogP contribution >= 0.6 is 0 Å². The number of anilines is 1. The Bertz CT molecular complexity index is 965. The van der Waals surface area contributed by atoms with E-state index in [0.717, 1.165) is 12.8 Å². The monoisotopic (exact) mass is 484 g/mol. The van der Waals surface area contributed by atoms with Gasteiger partial charge in [0.2, 0.25) is 17.7 Å². The minimum Gasteiger partial charge on any atom is -0.401 e. The van der Waals surface area contributed by atoms with Crippen molar-refractivity contribution in [2.24, 2.45) is 22.9 Å². The Morgan fingerprint density at radius 2 is 1.71 bits per heavy atom. The zero-order valence-electron chi connectivity index (χ0n) is 21.5.